The van der Waals surface area contributed by atoms with E-state index in [2.05, 4.69) is 47.3 Å². The lowest BCUT2D eigenvalue weighted by Gasteiger charge is -2.26. The molecule has 6 heteroatoms. The van der Waals surface area contributed by atoms with Gasteiger partial charge in [0.05, 0.1) is 13.2 Å². The number of morpholine rings is 1. The molecule has 1 aliphatic heterocycles. The summed E-state index contributed by atoms with van der Waals surface area (Å²) in [4.78, 5) is 23.1. The van der Waals surface area contributed by atoms with Gasteiger partial charge in [0.2, 0.25) is 5.95 Å². The maximum atomic E-state index is 12.6. The molecule has 0 unspecified atom stereocenters. The highest BCUT2D eigenvalue weighted by Gasteiger charge is 2.20. The summed E-state index contributed by atoms with van der Waals surface area (Å²) in [6.07, 6.45) is 3.47. The average molecular weight is 340 g/mol. The molecule has 1 N–H and O–H groups in total. The van der Waals surface area contributed by atoms with Gasteiger partial charge in [-0.25, -0.2) is 9.97 Å². The molecule has 0 bridgehead atoms. The number of aromatic nitrogens is 2. The van der Waals surface area contributed by atoms with Crippen molar-refractivity contribution in [3.8, 4) is 0 Å². The number of aryl methyl sites for hydroxylation is 2. The van der Waals surface area contributed by atoms with Gasteiger partial charge in [-0.15, -0.1) is 0 Å². The monoisotopic (exact) mass is 340 g/mol. The van der Waals surface area contributed by atoms with E-state index in [9.17, 15) is 4.79 Å². The van der Waals surface area contributed by atoms with Crippen molar-refractivity contribution in [1.29, 1.82) is 0 Å². The predicted octanol–water partition coefficient (Wildman–Crippen LogP) is 2.82. The van der Waals surface area contributed by atoms with Crippen molar-refractivity contribution >= 4 is 17.5 Å². The third kappa shape index (κ3) is 3.96. The van der Waals surface area contributed by atoms with Crippen molar-refractivity contribution in [3.05, 3.63) is 47.3 Å². The third-order valence-electron chi connectivity index (χ3n) is 4.41. The van der Waals surface area contributed by atoms with Crippen molar-refractivity contribution in [2.75, 3.05) is 31.6 Å². The number of rotatable bonds is 5. The van der Waals surface area contributed by atoms with E-state index in [4.69, 9.17) is 4.74 Å². The van der Waals surface area contributed by atoms with Crippen molar-refractivity contribution < 1.29 is 9.53 Å². The van der Waals surface area contributed by atoms with Crippen LogP contribution < -0.4 is 5.32 Å². The number of hydrogen-bond acceptors (Lipinski definition) is 5. The fourth-order valence-electron chi connectivity index (χ4n) is 2.98. The summed E-state index contributed by atoms with van der Waals surface area (Å²) in [7, 11) is 0. The van der Waals surface area contributed by atoms with Crippen molar-refractivity contribution in [2.45, 2.75) is 26.7 Å². The number of hydrogen-bond donors (Lipinski definition) is 1. The lowest BCUT2D eigenvalue weighted by Crippen LogP contribution is -2.41. The molecule has 1 saturated heterocycles. The fourth-order valence-corrected chi connectivity index (χ4v) is 2.98. The summed E-state index contributed by atoms with van der Waals surface area (Å²) in [5.74, 6) is 0.378. The van der Waals surface area contributed by atoms with Gasteiger partial charge in [0.25, 0.3) is 5.91 Å². The number of ether oxygens (including phenoxy) is 1. The highest BCUT2D eigenvalue weighted by Crippen LogP contribution is 2.25. The molecule has 2 aromatic rings. The van der Waals surface area contributed by atoms with E-state index in [1.807, 2.05) is 0 Å². The Kier molecular flexibility index (Phi) is 5.60. The molecule has 6 nitrogen and oxygen atoms in total. The normalized spacial score (nSPS) is 14.4. The van der Waals surface area contributed by atoms with E-state index in [1.54, 1.807) is 17.2 Å². The van der Waals surface area contributed by atoms with Gasteiger partial charge in [0.15, 0.2) is 0 Å². The second-order valence-electron chi connectivity index (χ2n) is 5.95. The molecule has 3 rings (SSSR count). The number of anilines is 2. The summed E-state index contributed by atoms with van der Waals surface area (Å²) in [6, 6.07) is 7.94. The molecule has 0 radical (unpaired) electrons. The Balaban J connectivity index is 1.84. The minimum Gasteiger partial charge on any atom is -0.378 e. The first-order valence-corrected chi connectivity index (χ1v) is 8.80. The van der Waals surface area contributed by atoms with Gasteiger partial charge in [-0.2, -0.15) is 0 Å². The largest absolute Gasteiger partial charge is 0.378 e. The predicted molar refractivity (Wildman–Crippen MR) is 97.2 cm³/mol. The number of benzene rings is 1. The van der Waals surface area contributed by atoms with E-state index >= 15 is 0 Å². The Morgan fingerprint density at radius 2 is 1.84 bits per heavy atom. The Labute approximate surface area is 148 Å². The zero-order chi connectivity index (χ0) is 17.6. The quantitative estimate of drug-likeness (QED) is 0.906. The molecular formula is C19H24N4O2. The molecule has 25 heavy (non-hydrogen) atoms. The van der Waals surface area contributed by atoms with Crippen LogP contribution in [0.4, 0.5) is 11.6 Å². The topological polar surface area (TPSA) is 67.4 Å². The molecule has 0 aliphatic carbocycles. The Hall–Kier alpha value is -2.47. The standard InChI is InChI=1S/C19H24N4O2/c1-3-14-6-5-7-15(4-2)17(14)22-19-20-9-8-16(21-19)18(24)23-10-12-25-13-11-23/h5-9H,3-4,10-13H2,1-2H3,(H,20,21,22). The number of nitrogens with one attached hydrogen (secondary N) is 1. The summed E-state index contributed by atoms with van der Waals surface area (Å²) in [6.45, 7) is 6.60. The highest BCUT2D eigenvalue weighted by atomic mass is 16.5. The third-order valence-corrected chi connectivity index (χ3v) is 4.41. The van der Waals surface area contributed by atoms with Gasteiger partial charge in [-0.1, -0.05) is 32.0 Å². The molecule has 1 amide bonds. The number of carbonyl (C=O) groups is 1. The number of amides is 1. The van der Waals surface area contributed by atoms with Crippen molar-refractivity contribution in [2.24, 2.45) is 0 Å². The van der Waals surface area contributed by atoms with E-state index < -0.39 is 0 Å². The molecule has 1 fully saturated rings. The molecule has 132 valence electrons. The molecule has 2 heterocycles. The molecule has 1 aromatic carbocycles. The molecule has 0 atom stereocenters. The van der Waals surface area contributed by atoms with Gasteiger partial charge in [0.1, 0.15) is 5.69 Å². The van der Waals surface area contributed by atoms with Crippen LogP contribution in [0, 0.1) is 0 Å². The zero-order valence-electron chi connectivity index (χ0n) is 14.8. The fraction of sp³-hybridized carbons (Fsp3) is 0.421. The lowest BCUT2D eigenvalue weighted by molar-refractivity contribution is 0.0299. The van der Waals surface area contributed by atoms with Crippen LogP contribution >= 0.6 is 0 Å². The number of carbonyl (C=O) groups excluding carboxylic acids is 1. The molecule has 0 spiro atoms. The lowest BCUT2D eigenvalue weighted by atomic mass is 10.0. The smallest absolute Gasteiger partial charge is 0.272 e. The van der Waals surface area contributed by atoms with Gasteiger partial charge >= 0.3 is 0 Å². The van der Waals surface area contributed by atoms with Crippen LogP contribution in [0.25, 0.3) is 0 Å². The van der Waals surface area contributed by atoms with Crippen LogP contribution in [0.1, 0.15) is 35.5 Å². The van der Waals surface area contributed by atoms with E-state index in [0.29, 0.717) is 37.9 Å². The molecular weight excluding hydrogens is 316 g/mol. The minimum absolute atomic E-state index is 0.0757. The highest BCUT2D eigenvalue weighted by molar-refractivity contribution is 5.92. The molecule has 1 aromatic heterocycles. The van der Waals surface area contributed by atoms with Crippen molar-refractivity contribution in [1.82, 2.24) is 14.9 Å². The molecule has 1 aliphatic rings. The van der Waals surface area contributed by atoms with Crippen LogP contribution in [0.15, 0.2) is 30.5 Å². The first kappa shape index (κ1) is 17.4. The van der Waals surface area contributed by atoms with Gasteiger partial charge in [-0.05, 0) is 30.0 Å². The summed E-state index contributed by atoms with van der Waals surface area (Å²) in [5.41, 5.74) is 3.88. The van der Waals surface area contributed by atoms with Gasteiger partial charge in [-0.3, -0.25) is 4.79 Å². The van der Waals surface area contributed by atoms with E-state index in [0.717, 1.165) is 18.5 Å². The van der Waals surface area contributed by atoms with E-state index in [-0.39, 0.29) is 5.91 Å². The number of para-hydroxylation sites is 1. The first-order valence-electron chi connectivity index (χ1n) is 8.80. The molecule has 0 saturated carbocycles. The Morgan fingerprint density at radius 3 is 2.48 bits per heavy atom. The van der Waals surface area contributed by atoms with Gasteiger partial charge in [0, 0.05) is 25.0 Å². The van der Waals surface area contributed by atoms with Crippen LogP contribution in [-0.2, 0) is 17.6 Å². The second-order valence-corrected chi connectivity index (χ2v) is 5.95. The zero-order valence-corrected chi connectivity index (χ0v) is 14.8. The van der Waals surface area contributed by atoms with Crippen LogP contribution in [0.3, 0.4) is 0 Å². The Bertz CT molecular complexity index is 720. The summed E-state index contributed by atoms with van der Waals surface area (Å²) < 4.78 is 5.30. The SMILES string of the molecule is CCc1cccc(CC)c1Nc1nccc(C(=O)N2CCOCC2)n1. The minimum atomic E-state index is -0.0757. The first-order chi connectivity index (χ1) is 12.2. The van der Waals surface area contributed by atoms with Crippen LogP contribution in [0.2, 0.25) is 0 Å². The second kappa shape index (κ2) is 8.07. The summed E-state index contributed by atoms with van der Waals surface area (Å²) in [5, 5.41) is 3.32. The van der Waals surface area contributed by atoms with Gasteiger partial charge < -0.3 is 15.0 Å². The van der Waals surface area contributed by atoms with Crippen LogP contribution in [0.5, 0.6) is 0 Å². The Morgan fingerprint density at radius 1 is 1.16 bits per heavy atom. The summed E-state index contributed by atoms with van der Waals surface area (Å²) >= 11 is 0. The van der Waals surface area contributed by atoms with Crippen LogP contribution in [-0.4, -0.2) is 47.1 Å². The maximum Gasteiger partial charge on any atom is 0.272 e. The number of nitrogens with zero attached hydrogens (tertiary/aromatic N) is 3. The maximum absolute atomic E-state index is 12.6. The average Bonchev–Trinajstić information content (AvgIpc) is 2.68. The van der Waals surface area contributed by atoms with E-state index in [1.165, 1.54) is 11.1 Å². The van der Waals surface area contributed by atoms with Crippen molar-refractivity contribution in [3.63, 3.8) is 0 Å².